The van der Waals surface area contributed by atoms with Crippen molar-refractivity contribution < 1.29 is 31.9 Å². The van der Waals surface area contributed by atoms with Gasteiger partial charge < -0.3 is 5.32 Å². The number of amides is 3. The summed E-state index contributed by atoms with van der Waals surface area (Å²) in [7, 11) is -4.18. The average molecular weight is 439 g/mol. The molecular weight excluding hydrogens is 412 g/mol. The number of hydroxylamine groups is 2. The second kappa shape index (κ2) is 9.05. The highest BCUT2D eigenvalue weighted by molar-refractivity contribution is 7.85. The summed E-state index contributed by atoms with van der Waals surface area (Å²) in [6.07, 6.45) is 0.271. The predicted molar refractivity (Wildman–Crippen MR) is 107 cm³/mol. The Morgan fingerprint density at radius 1 is 1.20 bits per heavy atom. The molecule has 0 spiro atoms. The molecular formula is C20H26N2O7S. The first-order valence-electron chi connectivity index (χ1n) is 9.48. The van der Waals surface area contributed by atoms with E-state index in [1.807, 2.05) is 13.8 Å². The minimum Gasteiger partial charge on any atom is -0.346 e. The number of Topliss-reactive ketones (excluding diaryl/α,β-unsaturated/α-hetero) is 1. The molecule has 1 heterocycles. The van der Waals surface area contributed by atoms with Gasteiger partial charge in [-0.1, -0.05) is 44.2 Å². The van der Waals surface area contributed by atoms with Crippen LogP contribution in [0.5, 0.6) is 0 Å². The predicted octanol–water partition coefficient (Wildman–Crippen LogP) is 0.986. The zero-order chi connectivity index (χ0) is 22.7. The molecule has 3 amide bonds. The Morgan fingerprint density at radius 3 is 2.30 bits per heavy atom. The molecule has 2 rings (SSSR count). The number of nitrogens with zero attached hydrogens (tertiary/aromatic N) is 1. The Kier molecular flexibility index (Phi) is 7.14. The number of hydrogen-bond acceptors (Lipinski definition) is 7. The van der Waals surface area contributed by atoms with Crippen molar-refractivity contribution in [2.45, 2.75) is 46.1 Å². The zero-order valence-electron chi connectivity index (χ0n) is 17.4. The van der Waals surface area contributed by atoms with Gasteiger partial charge >= 0.3 is 0 Å². The summed E-state index contributed by atoms with van der Waals surface area (Å²) in [4.78, 5) is 51.0. The molecule has 2 atom stereocenters. The maximum atomic E-state index is 13.6. The highest BCUT2D eigenvalue weighted by atomic mass is 32.2. The van der Waals surface area contributed by atoms with Crippen molar-refractivity contribution in [2.24, 2.45) is 11.3 Å². The maximum absolute atomic E-state index is 13.6. The third-order valence-electron chi connectivity index (χ3n) is 4.70. The molecule has 1 fully saturated rings. The fourth-order valence-corrected chi connectivity index (χ4v) is 3.99. The van der Waals surface area contributed by atoms with Gasteiger partial charge in [0.2, 0.25) is 5.91 Å². The number of rotatable bonds is 9. The zero-order valence-corrected chi connectivity index (χ0v) is 18.2. The maximum Gasteiger partial charge on any atom is 0.285 e. The lowest BCUT2D eigenvalue weighted by Gasteiger charge is -2.30. The molecule has 1 N–H and O–H groups in total. The smallest absolute Gasteiger partial charge is 0.285 e. The Morgan fingerprint density at radius 2 is 1.80 bits per heavy atom. The topological polar surface area (TPSA) is 127 Å². The van der Waals surface area contributed by atoms with Gasteiger partial charge in [-0.05, 0) is 24.3 Å². The van der Waals surface area contributed by atoms with E-state index < -0.39 is 51.5 Å². The molecule has 0 aromatic heterocycles. The first kappa shape index (κ1) is 23.7. The normalized spacial score (nSPS) is 20.5. The van der Waals surface area contributed by atoms with Gasteiger partial charge in [-0.2, -0.15) is 8.42 Å². The van der Waals surface area contributed by atoms with Crippen molar-refractivity contribution in [3.05, 3.63) is 35.9 Å². The number of carbonyl (C=O) groups is 4. The van der Waals surface area contributed by atoms with Crippen LogP contribution in [0.3, 0.4) is 0 Å². The molecule has 164 valence electrons. The van der Waals surface area contributed by atoms with E-state index in [4.69, 9.17) is 0 Å². The number of nitrogens with one attached hydrogen (secondary N) is 1. The molecule has 0 bridgehead atoms. The van der Waals surface area contributed by atoms with E-state index in [2.05, 4.69) is 9.60 Å². The van der Waals surface area contributed by atoms with Crippen LogP contribution >= 0.6 is 0 Å². The molecule has 1 aliphatic heterocycles. The Bertz CT molecular complexity index is 943. The first-order valence-corrected chi connectivity index (χ1v) is 11.3. The second-order valence-corrected chi connectivity index (χ2v) is 9.50. The van der Waals surface area contributed by atoms with Gasteiger partial charge in [0.25, 0.3) is 21.9 Å². The van der Waals surface area contributed by atoms with E-state index in [9.17, 15) is 27.6 Å². The van der Waals surface area contributed by atoms with Gasteiger partial charge in [0.05, 0.1) is 18.7 Å². The lowest BCUT2D eigenvalue weighted by molar-refractivity contribution is -0.167. The van der Waals surface area contributed by atoms with Crippen molar-refractivity contribution in [3.8, 4) is 0 Å². The number of imide groups is 1. The highest BCUT2D eigenvalue weighted by Gasteiger charge is 2.59. The molecule has 0 saturated carbocycles. The summed E-state index contributed by atoms with van der Waals surface area (Å²) in [5, 5.41) is 2.72. The van der Waals surface area contributed by atoms with Gasteiger partial charge in [0.1, 0.15) is 5.41 Å². The fraction of sp³-hybridized carbons (Fsp3) is 0.500. The van der Waals surface area contributed by atoms with Crippen LogP contribution < -0.4 is 5.32 Å². The lowest BCUT2D eigenvalue weighted by Crippen LogP contribution is -2.52. The van der Waals surface area contributed by atoms with E-state index >= 15 is 0 Å². The summed E-state index contributed by atoms with van der Waals surface area (Å²) in [6.45, 7) is 4.96. The van der Waals surface area contributed by atoms with Crippen LogP contribution in [-0.4, -0.2) is 49.3 Å². The lowest BCUT2D eigenvalue weighted by atomic mass is 9.72. The first-order chi connectivity index (χ1) is 13.9. The monoisotopic (exact) mass is 438 g/mol. The Hall–Kier alpha value is -2.59. The van der Waals surface area contributed by atoms with E-state index in [1.54, 1.807) is 30.3 Å². The number of ketones is 1. The minimum absolute atomic E-state index is 0.00940. The van der Waals surface area contributed by atoms with Crippen LogP contribution in [-0.2, 0) is 40.0 Å². The van der Waals surface area contributed by atoms with Gasteiger partial charge in [0, 0.05) is 6.92 Å². The molecule has 1 aromatic carbocycles. The third-order valence-corrected chi connectivity index (χ3v) is 5.12. The van der Waals surface area contributed by atoms with Crippen molar-refractivity contribution in [1.29, 1.82) is 0 Å². The third kappa shape index (κ3) is 5.51. The number of carbonyl (C=O) groups excluding carboxylic acids is 4. The van der Waals surface area contributed by atoms with Gasteiger partial charge in [0.15, 0.2) is 5.78 Å². The number of benzene rings is 1. The van der Waals surface area contributed by atoms with Crippen molar-refractivity contribution in [2.75, 3.05) is 6.26 Å². The molecule has 1 aromatic rings. The average Bonchev–Trinajstić information content (AvgIpc) is 2.84. The van der Waals surface area contributed by atoms with Gasteiger partial charge in [-0.25, -0.2) is 0 Å². The van der Waals surface area contributed by atoms with Crippen LogP contribution in [0, 0.1) is 11.3 Å². The van der Waals surface area contributed by atoms with Crippen molar-refractivity contribution >= 4 is 33.6 Å². The minimum atomic E-state index is -4.18. The van der Waals surface area contributed by atoms with Crippen LogP contribution in [0.15, 0.2) is 30.3 Å². The standard InChI is InChI=1S/C20H26N2O7S/c1-13(2)10-16(21-14(3)23)18(25)20(11-15-8-6-5-7-9-15)12-17(24)22(19(20)26)29-30(4,27)28/h5-9,13,16H,10-12H2,1-4H3,(H,21,23)/t16-,20+/m0/s1. The largest absolute Gasteiger partial charge is 0.346 e. The molecule has 10 heteroatoms. The summed E-state index contributed by atoms with van der Waals surface area (Å²) in [6, 6.07) is 7.59. The molecule has 1 aliphatic rings. The van der Waals surface area contributed by atoms with E-state index in [-0.39, 0.29) is 23.8 Å². The van der Waals surface area contributed by atoms with E-state index in [0.717, 1.165) is 0 Å². The molecule has 9 nitrogen and oxygen atoms in total. The van der Waals surface area contributed by atoms with Crippen LogP contribution in [0.25, 0.3) is 0 Å². The summed E-state index contributed by atoms with van der Waals surface area (Å²) >= 11 is 0. The van der Waals surface area contributed by atoms with Gasteiger partial charge in [-0.15, -0.1) is 9.35 Å². The molecule has 1 saturated heterocycles. The Balaban J connectivity index is 2.53. The fourth-order valence-electron chi connectivity index (χ4n) is 3.57. The van der Waals surface area contributed by atoms with E-state index in [1.165, 1.54) is 6.92 Å². The number of hydrogen-bond donors (Lipinski definition) is 1. The van der Waals surface area contributed by atoms with Crippen LogP contribution in [0.2, 0.25) is 0 Å². The van der Waals surface area contributed by atoms with Crippen molar-refractivity contribution in [3.63, 3.8) is 0 Å². The summed E-state index contributed by atoms with van der Waals surface area (Å²) < 4.78 is 27.6. The molecule has 0 radical (unpaired) electrons. The second-order valence-electron chi connectivity index (χ2n) is 7.94. The SMILES string of the molecule is CC(=O)N[C@@H](CC(C)C)C(=O)[C@@]1(Cc2ccccc2)CC(=O)N(OS(C)(=O)=O)C1=O. The summed E-state index contributed by atoms with van der Waals surface area (Å²) in [5.74, 6) is -3.07. The van der Waals surface area contributed by atoms with E-state index in [0.29, 0.717) is 11.8 Å². The van der Waals surface area contributed by atoms with Crippen LogP contribution in [0.4, 0.5) is 0 Å². The van der Waals surface area contributed by atoms with Crippen LogP contribution in [0.1, 0.15) is 39.2 Å². The molecule has 30 heavy (non-hydrogen) atoms. The van der Waals surface area contributed by atoms with Gasteiger partial charge in [-0.3, -0.25) is 19.2 Å². The summed E-state index contributed by atoms with van der Waals surface area (Å²) in [5.41, 5.74) is -1.27. The Labute approximate surface area is 175 Å². The highest BCUT2D eigenvalue weighted by Crippen LogP contribution is 2.39. The van der Waals surface area contributed by atoms with Crippen molar-refractivity contribution in [1.82, 2.24) is 10.4 Å². The quantitative estimate of drug-likeness (QED) is 0.450. The molecule has 0 aliphatic carbocycles. The molecule has 0 unspecified atom stereocenters.